The molecule has 1 N–H and O–H groups in total. The van der Waals surface area contributed by atoms with Crippen LogP contribution in [0.1, 0.15) is 12.5 Å². The number of nitrogens with one attached hydrogen (secondary N) is 1. The smallest absolute Gasteiger partial charge is 0.260 e. The van der Waals surface area contributed by atoms with E-state index in [1.54, 1.807) is 18.7 Å². The highest BCUT2D eigenvalue weighted by molar-refractivity contribution is 7.98. The molecule has 0 fully saturated rings. The Morgan fingerprint density at radius 3 is 2.46 bits per heavy atom. The molecule has 2 aromatic carbocycles. The van der Waals surface area contributed by atoms with E-state index in [-0.39, 0.29) is 5.91 Å². The van der Waals surface area contributed by atoms with E-state index in [9.17, 15) is 4.79 Å². The number of ether oxygens (including phenoxy) is 1. The van der Waals surface area contributed by atoms with Crippen LogP contribution in [0, 0.1) is 0 Å². The third-order valence-electron chi connectivity index (χ3n) is 3.28. The van der Waals surface area contributed by atoms with Crippen LogP contribution in [0.25, 0.3) is 0 Å². The average molecular weight is 384 g/mol. The van der Waals surface area contributed by atoms with Crippen molar-refractivity contribution in [2.75, 3.05) is 12.3 Å². The summed E-state index contributed by atoms with van der Waals surface area (Å²) in [7, 11) is 0. The molecular weight excluding hydrogens is 365 g/mol. The van der Waals surface area contributed by atoms with Crippen molar-refractivity contribution >= 4 is 40.9 Å². The molecule has 0 aliphatic rings. The van der Waals surface area contributed by atoms with E-state index in [1.165, 1.54) is 0 Å². The van der Waals surface area contributed by atoms with Crippen molar-refractivity contribution in [2.45, 2.75) is 18.8 Å². The molecule has 0 bridgehead atoms. The molecule has 0 aliphatic carbocycles. The van der Waals surface area contributed by atoms with E-state index in [0.717, 1.165) is 11.3 Å². The van der Waals surface area contributed by atoms with Crippen LogP contribution in [0.15, 0.2) is 48.5 Å². The Bertz CT molecular complexity index is 647. The molecule has 24 heavy (non-hydrogen) atoms. The second kappa shape index (κ2) is 9.82. The van der Waals surface area contributed by atoms with Crippen LogP contribution in [-0.4, -0.2) is 24.3 Å². The highest BCUT2D eigenvalue weighted by Crippen LogP contribution is 2.27. The van der Waals surface area contributed by atoms with Crippen molar-refractivity contribution in [1.29, 1.82) is 0 Å². The number of para-hydroxylation sites is 1. The SMILES string of the molecule is C[C@H](Oc1ccccc1)C(=O)NCCSCc1c(Cl)cccc1Cl. The maximum atomic E-state index is 12.0. The Balaban J connectivity index is 1.67. The molecule has 2 aromatic rings. The molecule has 1 atom stereocenters. The van der Waals surface area contributed by atoms with E-state index in [2.05, 4.69) is 5.32 Å². The van der Waals surface area contributed by atoms with Gasteiger partial charge in [0.1, 0.15) is 5.75 Å². The van der Waals surface area contributed by atoms with Gasteiger partial charge in [0.2, 0.25) is 0 Å². The van der Waals surface area contributed by atoms with Gasteiger partial charge in [-0.3, -0.25) is 4.79 Å². The predicted octanol–water partition coefficient (Wildman–Crippen LogP) is 4.81. The fourth-order valence-corrected chi connectivity index (χ4v) is 3.59. The summed E-state index contributed by atoms with van der Waals surface area (Å²) >= 11 is 13.9. The van der Waals surface area contributed by atoms with Crippen molar-refractivity contribution < 1.29 is 9.53 Å². The van der Waals surface area contributed by atoms with E-state index in [4.69, 9.17) is 27.9 Å². The molecule has 0 spiro atoms. The second-order valence-corrected chi connectivity index (χ2v) is 7.04. The number of carbonyl (C=O) groups excluding carboxylic acids is 1. The first-order chi connectivity index (χ1) is 11.6. The Hall–Kier alpha value is -1.36. The van der Waals surface area contributed by atoms with Crippen molar-refractivity contribution in [3.8, 4) is 5.75 Å². The Kier molecular flexibility index (Phi) is 7.76. The lowest BCUT2D eigenvalue weighted by molar-refractivity contribution is -0.127. The topological polar surface area (TPSA) is 38.3 Å². The maximum absolute atomic E-state index is 12.0. The van der Waals surface area contributed by atoms with E-state index >= 15 is 0 Å². The van der Waals surface area contributed by atoms with Gasteiger partial charge in [-0.25, -0.2) is 0 Å². The second-order valence-electron chi connectivity index (χ2n) is 5.12. The summed E-state index contributed by atoms with van der Waals surface area (Å²) in [4.78, 5) is 12.0. The van der Waals surface area contributed by atoms with Gasteiger partial charge in [0.05, 0.1) is 0 Å². The standard InChI is InChI=1S/C18H19Cl2NO2S/c1-13(23-14-6-3-2-4-7-14)18(22)21-10-11-24-12-15-16(19)8-5-9-17(15)20/h2-9,13H,10-12H2,1H3,(H,21,22)/t13-/m0/s1. The highest BCUT2D eigenvalue weighted by atomic mass is 35.5. The van der Waals surface area contributed by atoms with Gasteiger partial charge >= 0.3 is 0 Å². The summed E-state index contributed by atoms with van der Waals surface area (Å²) < 4.78 is 5.58. The molecule has 0 aromatic heterocycles. The summed E-state index contributed by atoms with van der Waals surface area (Å²) in [5.74, 6) is 2.04. The Morgan fingerprint density at radius 2 is 1.79 bits per heavy atom. The molecule has 0 radical (unpaired) electrons. The molecule has 6 heteroatoms. The molecule has 0 saturated carbocycles. The molecule has 0 saturated heterocycles. The summed E-state index contributed by atoms with van der Waals surface area (Å²) in [6.07, 6.45) is -0.532. The van der Waals surface area contributed by atoms with Gasteiger partial charge in [0.25, 0.3) is 5.91 Å². The van der Waals surface area contributed by atoms with E-state index in [1.807, 2.05) is 48.5 Å². The Morgan fingerprint density at radius 1 is 1.12 bits per heavy atom. The van der Waals surface area contributed by atoms with Crippen LogP contribution in [0.2, 0.25) is 10.0 Å². The first-order valence-corrected chi connectivity index (χ1v) is 9.49. The summed E-state index contributed by atoms with van der Waals surface area (Å²) in [5, 5.41) is 4.21. The van der Waals surface area contributed by atoms with E-state index < -0.39 is 6.10 Å². The van der Waals surface area contributed by atoms with Gasteiger partial charge in [-0.2, -0.15) is 11.8 Å². The molecule has 0 unspecified atom stereocenters. The summed E-state index contributed by atoms with van der Waals surface area (Å²) in [6, 6.07) is 14.8. The zero-order chi connectivity index (χ0) is 17.4. The number of rotatable bonds is 8. The molecule has 1 amide bonds. The highest BCUT2D eigenvalue weighted by Gasteiger charge is 2.13. The fraction of sp³-hybridized carbons (Fsp3) is 0.278. The molecule has 0 heterocycles. The van der Waals surface area contributed by atoms with Gasteiger partial charge in [0, 0.05) is 28.1 Å². The van der Waals surface area contributed by atoms with Gasteiger partial charge in [-0.1, -0.05) is 47.5 Å². The van der Waals surface area contributed by atoms with Gasteiger partial charge in [-0.15, -0.1) is 0 Å². The minimum Gasteiger partial charge on any atom is -0.481 e. The number of benzene rings is 2. The third-order valence-corrected chi connectivity index (χ3v) is 4.97. The minimum absolute atomic E-state index is 0.129. The number of amides is 1. The third kappa shape index (κ3) is 5.93. The zero-order valence-electron chi connectivity index (χ0n) is 13.3. The minimum atomic E-state index is -0.532. The van der Waals surface area contributed by atoms with Gasteiger partial charge in [0.15, 0.2) is 6.10 Å². The van der Waals surface area contributed by atoms with Crippen molar-refractivity contribution in [2.24, 2.45) is 0 Å². The van der Waals surface area contributed by atoms with Crippen LogP contribution in [0.4, 0.5) is 0 Å². The summed E-state index contributed by atoms with van der Waals surface area (Å²) in [6.45, 7) is 2.30. The van der Waals surface area contributed by atoms with Crippen molar-refractivity contribution in [1.82, 2.24) is 5.32 Å². The molecule has 0 aliphatic heterocycles. The first kappa shape index (κ1) is 19.0. The lowest BCUT2D eigenvalue weighted by atomic mass is 10.2. The number of carbonyl (C=O) groups is 1. The monoisotopic (exact) mass is 383 g/mol. The zero-order valence-corrected chi connectivity index (χ0v) is 15.6. The normalized spacial score (nSPS) is 11.8. The van der Waals surface area contributed by atoms with Crippen LogP contribution in [0.3, 0.4) is 0 Å². The van der Waals surface area contributed by atoms with Crippen molar-refractivity contribution in [3.05, 3.63) is 64.1 Å². The summed E-state index contributed by atoms with van der Waals surface area (Å²) in [5.41, 5.74) is 0.929. The van der Waals surface area contributed by atoms with Gasteiger partial charge < -0.3 is 10.1 Å². The fourth-order valence-electron chi connectivity index (χ4n) is 1.99. The van der Waals surface area contributed by atoms with E-state index in [0.29, 0.717) is 28.1 Å². The molecular formula is C18H19Cl2NO2S. The first-order valence-electron chi connectivity index (χ1n) is 7.58. The van der Waals surface area contributed by atoms with Crippen LogP contribution in [0.5, 0.6) is 5.75 Å². The number of hydrogen-bond acceptors (Lipinski definition) is 3. The predicted molar refractivity (Wildman–Crippen MR) is 102 cm³/mol. The number of thioether (sulfide) groups is 1. The lowest BCUT2D eigenvalue weighted by Crippen LogP contribution is -2.37. The van der Waals surface area contributed by atoms with Crippen LogP contribution in [-0.2, 0) is 10.5 Å². The molecule has 128 valence electrons. The molecule has 2 rings (SSSR count). The maximum Gasteiger partial charge on any atom is 0.260 e. The Labute approximate surface area is 156 Å². The largest absolute Gasteiger partial charge is 0.481 e. The average Bonchev–Trinajstić information content (AvgIpc) is 2.57. The number of halogens is 2. The number of hydrogen-bond donors (Lipinski definition) is 1. The quantitative estimate of drug-likeness (QED) is 0.664. The van der Waals surface area contributed by atoms with Crippen molar-refractivity contribution in [3.63, 3.8) is 0 Å². The van der Waals surface area contributed by atoms with Gasteiger partial charge in [-0.05, 0) is 36.8 Å². The lowest BCUT2D eigenvalue weighted by Gasteiger charge is -2.14. The molecule has 3 nitrogen and oxygen atoms in total. The van der Waals surface area contributed by atoms with Crippen LogP contribution < -0.4 is 10.1 Å². The van der Waals surface area contributed by atoms with Crippen LogP contribution >= 0.6 is 35.0 Å².